The molecular formula is C12H20O3. The summed E-state index contributed by atoms with van der Waals surface area (Å²) in [7, 11) is 1.60. The Kier molecular flexibility index (Phi) is 3.91. The molecule has 0 aromatic heterocycles. The van der Waals surface area contributed by atoms with Crippen molar-refractivity contribution >= 4 is 5.97 Å². The van der Waals surface area contributed by atoms with Gasteiger partial charge in [0.05, 0.1) is 0 Å². The number of esters is 1. The van der Waals surface area contributed by atoms with Gasteiger partial charge in [-0.3, -0.25) is 0 Å². The van der Waals surface area contributed by atoms with Crippen molar-refractivity contribution in [3.8, 4) is 0 Å². The Morgan fingerprint density at radius 1 is 1.53 bits per heavy atom. The van der Waals surface area contributed by atoms with Crippen LogP contribution in [0.5, 0.6) is 0 Å². The maximum atomic E-state index is 11.5. The molecule has 0 amide bonds. The quantitative estimate of drug-likeness (QED) is 0.410. The summed E-state index contributed by atoms with van der Waals surface area (Å²) in [6.07, 6.45) is 3.78. The van der Waals surface area contributed by atoms with E-state index in [0.717, 1.165) is 19.3 Å². The van der Waals surface area contributed by atoms with Gasteiger partial charge in [-0.25, -0.2) is 4.79 Å². The van der Waals surface area contributed by atoms with E-state index in [1.807, 2.05) is 0 Å². The molecule has 3 heteroatoms. The zero-order chi connectivity index (χ0) is 11.5. The molecule has 0 saturated heterocycles. The minimum atomic E-state index is -0.715. The lowest BCUT2D eigenvalue weighted by Gasteiger charge is -2.37. The Bertz CT molecular complexity index is 260. The minimum absolute atomic E-state index is 0.356. The maximum Gasteiger partial charge on any atom is 0.335 e. The van der Waals surface area contributed by atoms with Crippen molar-refractivity contribution in [3.05, 3.63) is 12.2 Å². The lowest BCUT2D eigenvalue weighted by Crippen LogP contribution is -2.41. The van der Waals surface area contributed by atoms with Gasteiger partial charge < -0.3 is 9.47 Å². The average molecular weight is 212 g/mol. The highest BCUT2D eigenvalue weighted by Gasteiger charge is 2.38. The Balaban J connectivity index is 2.67. The second kappa shape index (κ2) is 4.79. The molecule has 0 N–H and O–H groups in total. The van der Waals surface area contributed by atoms with E-state index in [9.17, 15) is 4.79 Å². The fourth-order valence-electron chi connectivity index (χ4n) is 2.03. The molecule has 0 radical (unpaired) electrons. The van der Waals surface area contributed by atoms with E-state index in [1.165, 1.54) is 6.42 Å². The van der Waals surface area contributed by atoms with Crippen molar-refractivity contribution in [1.82, 2.24) is 0 Å². The van der Waals surface area contributed by atoms with E-state index in [4.69, 9.17) is 9.47 Å². The van der Waals surface area contributed by atoms with Gasteiger partial charge in [-0.05, 0) is 19.3 Å². The zero-order valence-corrected chi connectivity index (χ0v) is 9.84. The van der Waals surface area contributed by atoms with Gasteiger partial charge in [-0.2, -0.15) is 0 Å². The first-order valence-corrected chi connectivity index (χ1v) is 5.43. The molecule has 1 aliphatic carbocycles. The van der Waals surface area contributed by atoms with E-state index in [2.05, 4.69) is 13.5 Å². The van der Waals surface area contributed by atoms with Crippen molar-refractivity contribution in [1.29, 1.82) is 0 Å². The van der Waals surface area contributed by atoms with Crippen LogP contribution in [0.4, 0.5) is 0 Å². The first-order chi connectivity index (χ1) is 6.99. The number of carbonyl (C=O) groups excluding carboxylic acids is 1. The largest absolute Gasteiger partial charge is 0.430 e. The van der Waals surface area contributed by atoms with Gasteiger partial charge in [0, 0.05) is 25.5 Å². The molecule has 0 aliphatic heterocycles. The van der Waals surface area contributed by atoms with Crippen LogP contribution in [0.3, 0.4) is 0 Å². The van der Waals surface area contributed by atoms with E-state index in [-0.39, 0.29) is 5.97 Å². The van der Waals surface area contributed by atoms with Crippen LogP contribution in [0.2, 0.25) is 0 Å². The number of rotatable bonds is 3. The topological polar surface area (TPSA) is 35.5 Å². The molecule has 0 aromatic carbocycles. The predicted molar refractivity (Wildman–Crippen MR) is 58.3 cm³/mol. The minimum Gasteiger partial charge on any atom is -0.430 e. The van der Waals surface area contributed by atoms with Crippen molar-refractivity contribution in [2.75, 3.05) is 7.11 Å². The molecule has 1 saturated carbocycles. The standard InChI is InChI=1S/C12H20O3/c1-9(2)11(13)15-12(14-4)7-5-6-10(3)8-12/h10H,1,5-8H2,2-4H3. The lowest BCUT2D eigenvalue weighted by atomic mass is 9.86. The summed E-state index contributed by atoms with van der Waals surface area (Å²) in [5.41, 5.74) is 0.421. The van der Waals surface area contributed by atoms with Gasteiger partial charge in [0.25, 0.3) is 0 Å². The Labute approximate surface area is 91.4 Å². The molecule has 2 atom stereocenters. The predicted octanol–water partition coefficient (Wildman–Crippen LogP) is 2.66. The van der Waals surface area contributed by atoms with Gasteiger partial charge in [0.15, 0.2) is 0 Å². The highest BCUT2D eigenvalue weighted by Crippen LogP contribution is 2.36. The van der Waals surface area contributed by atoms with E-state index < -0.39 is 5.79 Å². The molecule has 86 valence electrons. The third-order valence-electron chi connectivity index (χ3n) is 2.91. The van der Waals surface area contributed by atoms with Gasteiger partial charge in [-0.15, -0.1) is 0 Å². The number of hydrogen-bond acceptors (Lipinski definition) is 3. The maximum absolute atomic E-state index is 11.5. The number of methoxy groups -OCH3 is 1. The van der Waals surface area contributed by atoms with Crippen LogP contribution in [0.25, 0.3) is 0 Å². The van der Waals surface area contributed by atoms with Gasteiger partial charge >= 0.3 is 5.97 Å². The Morgan fingerprint density at radius 2 is 2.20 bits per heavy atom. The summed E-state index contributed by atoms with van der Waals surface area (Å²) >= 11 is 0. The molecule has 2 unspecified atom stereocenters. The fourth-order valence-corrected chi connectivity index (χ4v) is 2.03. The SMILES string of the molecule is C=C(C)C(=O)OC1(OC)CCCC(C)C1. The van der Waals surface area contributed by atoms with E-state index in [1.54, 1.807) is 14.0 Å². The van der Waals surface area contributed by atoms with Crippen molar-refractivity contribution in [2.24, 2.45) is 5.92 Å². The number of carbonyl (C=O) groups is 1. The highest BCUT2D eigenvalue weighted by atomic mass is 16.7. The molecule has 0 aromatic rings. The number of ether oxygens (including phenoxy) is 2. The van der Waals surface area contributed by atoms with Crippen molar-refractivity contribution in [3.63, 3.8) is 0 Å². The van der Waals surface area contributed by atoms with Gasteiger partial charge in [0.1, 0.15) is 0 Å². The Hall–Kier alpha value is -0.830. The Morgan fingerprint density at radius 3 is 2.67 bits per heavy atom. The van der Waals surface area contributed by atoms with Crippen LogP contribution >= 0.6 is 0 Å². The van der Waals surface area contributed by atoms with Crippen LogP contribution in [-0.2, 0) is 14.3 Å². The molecule has 0 bridgehead atoms. The molecular weight excluding hydrogens is 192 g/mol. The van der Waals surface area contributed by atoms with E-state index >= 15 is 0 Å². The van der Waals surface area contributed by atoms with Crippen LogP contribution in [0.15, 0.2) is 12.2 Å². The third-order valence-corrected chi connectivity index (χ3v) is 2.91. The van der Waals surface area contributed by atoms with E-state index in [0.29, 0.717) is 11.5 Å². The molecule has 1 aliphatic rings. The first-order valence-electron chi connectivity index (χ1n) is 5.43. The van der Waals surface area contributed by atoms with Gasteiger partial charge in [-0.1, -0.05) is 19.9 Å². The molecule has 1 fully saturated rings. The molecule has 15 heavy (non-hydrogen) atoms. The average Bonchev–Trinajstić information content (AvgIpc) is 2.17. The number of hydrogen-bond donors (Lipinski definition) is 0. The summed E-state index contributed by atoms with van der Waals surface area (Å²) < 4.78 is 10.8. The normalized spacial score (nSPS) is 31.0. The van der Waals surface area contributed by atoms with Crippen LogP contribution in [0, 0.1) is 5.92 Å². The molecule has 3 nitrogen and oxygen atoms in total. The first kappa shape index (κ1) is 12.2. The molecule has 0 heterocycles. The highest BCUT2D eigenvalue weighted by molar-refractivity contribution is 5.87. The monoisotopic (exact) mass is 212 g/mol. The molecule has 1 rings (SSSR count). The summed E-state index contributed by atoms with van der Waals surface area (Å²) in [5, 5.41) is 0. The van der Waals surface area contributed by atoms with Crippen LogP contribution in [-0.4, -0.2) is 18.9 Å². The van der Waals surface area contributed by atoms with Crippen molar-refractivity contribution < 1.29 is 14.3 Å². The van der Waals surface area contributed by atoms with Gasteiger partial charge in [0.2, 0.25) is 5.79 Å². The second-order valence-electron chi connectivity index (χ2n) is 4.49. The third kappa shape index (κ3) is 3.06. The smallest absolute Gasteiger partial charge is 0.335 e. The summed E-state index contributed by atoms with van der Waals surface area (Å²) in [6.45, 7) is 7.38. The summed E-state index contributed by atoms with van der Waals surface area (Å²) in [6, 6.07) is 0. The van der Waals surface area contributed by atoms with Crippen LogP contribution in [0.1, 0.15) is 39.5 Å². The summed E-state index contributed by atoms with van der Waals surface area (Å²) in [5.74, 6) is -0.532. The fraction of sp³-hybridized carbons (Fsp3) is 0.750. The summed E-state index contributed by atoms with van der Waals surface area (Å²) in [4.78, 5) is 11.5. The second-order valence-corrected chi connectivity index (χ2v) is 4.49. The molecule has 0 spiro atoms. The van der Waals surface area contributed by atoms with Crippen LogP contribution < -0.4 is 0 Å². The zero-order valence-electron chi connectivity index (χ0n) is 9.84. The lowest BCUT2D eigenvalue weighted by molar-refractivity contribution is -0.235. The van der Waals surface area contributed by atoms with Crippen molar-refractivity contribution in [2.45, 2.75) is 45.3 Å².